The van der Waals surface area contributed by atoms with Crippen LogP contribution < -0.4 is 5.73 Å². The third-order valence-corrected chi connectivity index (χ3v) is 1.81. The van der Waals surface area contributed by atoms with Crippen molar-refractivity contribution in [3.05, 3.63) is 47.3 Å². The van der Waals surface area contributed by atoms with E-state index in [9.17, 15) is 4.39 Å². The van der Waals surface area contributed by atoms with Crippen LogP contribution in [0.3, 0.4) is 0 Å². The van der Waals surface area contributed by atoms with Crippen LogP contribution in [0.2, 0.25) is 5.02 Å². The third-order valence-electron chi connectivity index (χ3n) is 1.57. The first-order valence-corrected chi connectivity index (χ1v) is 3.86. The van der Waals surface area contributed by atoms with Gasteiger partial charge < -0.3 is 5.73 Å². The molecule has 1 rings (SSSR count). The van der Waals surface area contributed by atoms with E-state index < -0.39 is 6.04 Å². The first-order chi connectivity index (χ1) is 5.65. The van der Waals surface area contributed by atoms with Crippen molar-refractivity contribution in [3.8, 4) is 0 Å². The van der Waals surface area contributed by atoms with Crippen molar-refractivity contribution >= 4 is 11.6 Å². The third kappa shape index (κ3) is 1.84. The van der Waals surface area contributed by atoms with Gasteiger partial charge in [-0.05, 0) is 18.2 Å². The standard InChI is InChI=1S/C9H9ClFN/c1-2-9(12)7-5-6(10)3-4-8(7)11/h2-5,9H,1,12H2/t9-/m1/s1. The van der Waals surface area contributed by atoms with E-state index in [0.29, 0.717) is 10.6 Å². The highest BCUT2D eigenvalue weighted by molar-refractivity contribution is 6.30. The molecule has 0 radical (unpaired) electrons. The van der Waals surface area contributed by atoms with Crippen LogP contribution in [-0.4, -0.2) is 0 Å². The number of benzene rings is 1. The van der Waals surface area contributed by atoms with Crippen molar-refractivity contribution in [1.82, 2.24) is 0 Å². The summed E-state index contributed by atoms with van der Waals surface area (Å²) in [5, 5.41) is 0.476. The highest BCUT2D eigenvalue weighted by atomic mass is 35.5. The first-order valence-electron chi connectivity index (χ1n) is 3.48. The fourth-order valence-corrected chi connectivity index (χ4v) is 1.08. The molecule has 0 aliphatic carbocycles. The van der Waals surface area contributed by atoms with Crippen LogP contribution in [-0.2, 0) is 0 Å². The van der Waals surface area contributed by atoms with Crippen LogP contribution in [0.15, 0.2) is 30.9 Å². The van der Waals surface area contributed by atoms with Crippen LogP contribution in [0.5, 0.6) is 0 Å². The summed E-state index contributed by atoms with van der Waals surface area (Å²) in [5.74, 6) is -0.355. The van der Waals surface area contributed by atoms with Crippen molar-refractivity contribution in [2.24, 2.45) is 5.73 Å². The maximum absolute atomic E-state index is 13.0. The molecule has 1 atom stereocenters. The number of hydrogen-bond donors (Lipinski definition) is 1. The lowest BCUT2D eigenvalue weighted by Gasteiger charge is -2.07. The minimum Gasteiger partial charge on any atom is -0.321 e. The van der Waals surface area contributed by atoms with Crippen LogP contribution >= 0.6 is 11.6 Å². The van der Waals surface area contributed by atoms with Crippen molar-refractivity contribution in [2.75, 3.05) is 0 Å². The van der Waals surface area contributed by atoms with Crippen molar-refractivity contribution in [2.45, 2.75) is 6.04 Å². The zero-order valence-corrected chi connectivity index (χ0v) is 7.18. The van der Waals surface area contributed by atoms with Crippen molar-refractivity contribution in [1.29, 1.82) is 0 Å². The maximum Gasteiger partial charge on any atom is 0.128 e. The van der Waals surface area contributed by atoms with E-state index in [1.54, 1.807) is 0 Å². The normalized spacial score (nSPS) is 12.6. The number of hydrogen-bond acceptors (Lipinski definition) is 1. The molecular formula is C9H9ClFN. The molecule has 1 aromatic carbocycles. The molecule has 0 unspecified atom stereocenters. The highest BCUT2D eigenvalue weighted by Crippen LogP contribution is 2.20. The van der Waals surface area contributed by atoms with Gasteiger partial charge in [0.25, 0.3) is 0 Å². The van der Waals surface area contributed by atoms with Crippen molar-refractivity contribution < 1.29 is 4.39 Å². The van der Waals surface area contributed by atoms with E-state index in [-0.39, 0.29) is 5.82 Å². The smallest absolute Gasteiger partial charge is 0.128 e. The summed E-state index contributed by atoms with van der Waals surface area (Å²) in [4.78, 5) is 0. The second kappa shape index (κ2) is 3.70. The average molecular weight is 186 g/mol. The number of nitrogens with two attached hydrogens (primary N) is 1. The minimum absolute atomic E-state index is 0.355. The summed E-state index contributed by atoms with van der Waals surface area (Å²) in [6.45, 7) is 3.47. The maximum atomic E-state index is 13.0. The quantitative estimate of drug-likeness (QED) is 0.705. The summed E-state index contributed by atoms with van der Waals surface area (Å²) < 4.78 is 13.0. The van der Waals surface area contributed by atoms with Crippen LogP contribution in [0, 0.1) is 5.82 Å². The topological polar surface area (TPSA) is 26.0 Å². The zero-order valence-electron chi connectivity index (χ0n) is 6.43. The minimum atomic E-state index is -0.497. The molecule has 1 nitrogen and oxygen atoms in total. The molecule has 64 valence electrons. The summed E-state index contributed by atoms with van der Waals surface area (Å²) >= 11 is 5.66. The monoisotopic (exact) mass is 185 g/mol. The van der Waals surface area contributed by atoms with Gasteiger partial charge >= 0.3 is 0 Å². The van der Waals surface area contributed by atoms with E-state index >= 15 is 0 Å². The summed E-state index contributed by atoms with van der Waals surface area (Å²) in [5.41, 5.74) is 5.92. The van der Waals surface area contributed by atoms with E-state index in [4.69, 9.17) is 17.3 Å². The van der Waals surface area contributed by atoms with Gasteiger partial charge in [-0.2, -0.15) is 0 Å². The van der Waals surface area contributed by atoms with Crippen molar-refractivity contribution in [3.63, 3.8) is 0 Å². The Bertz CT molecular complexity index is 299. The second-order valence-corrected chi connectivity index (χ2v) is 2.86. The van der Waals surface area contributed by atoms with E-state index in [0.717, 1.165) is 0 Å². The molecule has 0 saturated carbocycles. The fraction of sp³-hybridized carbons (Fsp3) is 0.111. The molecule has 0 heterocycles. The SMILES string of the molecule is C=C[C@@H](N)c1cc(Cl)ccc1F. The first kappa shape index (κ1) is 9.23. The van der Waals surface area contributed by atoms with Gasteiger partial charge in [-0.3, -0.25) is 0 Å². The molecule has 3 heteroatoms. The number of halogens is 2. The Hall–Kier alpha value is -0.860. The molecule has 0 aliphatic rings. The Morgan fingerprint density at radius 3 is 2.83 bits per heavy atom. The van der Waals surface area contributed by atoms with Gasteiger partial charge in [-0.15, -0.1) is 6.58 Å². The van der Waals surface area contributed by atoms with Gasteiger partial charge in [0, 0.05) is 10.6 Å². The van der Waals surface area contributed by atoms with E-state index in [1.807, 2.05) is 0 Å². The lowest BCUT2D eigenvalue weighted by atomic mass is 10.1. The molecule has 2 N–H and O–H groups in total. The lowest BCUT2D eigenvalue weighted by Crippen LogP contribution is -2.08. The Labute approximate surface area is 75.6 Å². The molecule has 0 fully saturated rings. The summed E-state index contributed by atoms with van der Waals surface area (Å²) in [6, 6.07) is 3.78. The van der Waals surface area contributed by atoms with Gasteiger partial charge in [-0.25, -0.2) is 4.39 Å². The molecule has 1 aromatic rings. The Morgan fingerprint density at radius 1 is 1.58 bits per heavy atom. The highest BCUT2D eigenvalue weighted by Gasteiger charge is 2.07. The largest absolute Gasteiger partial charge is 0.321 e. The molecule has 0 aliphatic heterocycles. The molecule has 0 spiro atoms. The Kier molecular flexibility index (Phi) is 2.84. The second-order valence-electron chi connectivity index (χ2n) is 2.43. The number of rotatable bonds is 2. The lowest BCUT2D eigenvalue weighted by molar-refractivity contribution is 0.602. The van der Waals surface area contributed by atoms with Gasteiger partial charge in [0.15, 0.2) is 0 Å². The summed E-state index contributed by atoms with van der Waals surface area (Å²) in [6.07, 6.45) is 1.47. The molecule has 0 amide bonds. The van der Waals surface area contributed by atoms with Gasteiger partial charge in [0.1, 0.15) is 5.82 Å². The molecule has 0 bridgehead atoms. The molecular weight excluding hydrogens is 177 g/mol. The average Bonchev–Trinajstić information content (AvgIpc) is 2.08. The fourth-order valence-electron chi connectivity index (χ4n) is 0.897. The molecule has 12 heavy (non-hydrogen) atoms. The molecule has 0 aromatic heterocycles. The molecule has 0 saturated heterocycles. The summed E-state index contributed by atoms with van der Waals surface area (Å²) in [7, 11) is 0. The van der Waals surface area contributed by atoms with Crippen LogP contribution in [0.1, 0.15) is 11.6 Å². The van der Waals surface area contributed by atoms with Gasteiger partial charge in [0.2, 0.25) is 0 Å². The predicted molar refractivity (Wildman–Crippen MR) is 48.5 cm³/mol. The van der Waals surface area contributed by atoms with Gasteiger partial charge in [0.05, 0.1) is 6.04 Å². The Morgan fingerprint density at radius 2 is 2.25 bits per heavy atom. The van der Waals surface area contributed by atoms with Gasteiger partial charge in [-0.1, -0.05) is 17.7 Å². The van der Waals surface area contributed by atoms with Crippen LogP contribution in [0.25, 0.3) is 0 Å². The van der Waals surface area contributed by atoms with E-state index in [1.165, 1.54) is 24.3 Å². The van der Waals surface area contributed by atoms with Crippen LogP contribution in [0.4, 0.5) is 4.39 Å². The van der Waals surface area contributed by atoms with E-state index in [2.05, 4.69) is 6.58 Å². The zero-order chi connectivity index (χ0) is 9.14. The predicted octanol–water partition coefficient (Wildman–Crippen LogP) is 2.66. The Balaban J connectivity index is 3.12.